The molecule has 0 bridgehead atoms. The maximum Gasteiger partial charge on any atom is 0.413 e. The van der Waals surface area contributed by atoms with Gasteiger partial charge in [-0.1, -0.05) is 28.4 Å². The van der Waals surface area contributed by atoms with Gasteiger partial charge in [-0.15, -0.1) is 0 Å². The summed E-state index contributed by atoms with van der Waals surface area (Å²) in [6.45, 7) is 4.80. The Labute approximate surface area is 179 Å². The number of halogens is 4. The van der Waals surface area contributed by atoms with E-state index in [0.29, 0.717) is 11.0 Å². The molecule has 0 aliphatic carbocycles. The topological polar surface area (TPSA) is 58.2 Å². The summed E-state index contributed by atoms with van der Waals surface area (Å²) in [6, 6.07) is 0.716. The number of aromatic amines is 1. The third kappa shape index (κ3) is 3.92. The van der Waals surface area contributed by atoms with Crippen molar-refractivity contribution in [3.63, 3.8) is 0 Å². The van der Waals surface area contributed by atoms with Crippen molar-refractivity contribution in [3.05, 3.63) is 33.9 Å². The molecule has 0 spiro atoms. The van der Waals surface area contributed by atoms with Crippen molar-refractivity contribution in [1.82, 2.24) is 9.97 Å². The normalized spacial score (nSPS) is 12.5. The molecule has 12 heteroatoms. The second kappa shape index (κ2) is 7.09. The van der Waals surface area contributed by atoms with Crippen LogP contribution in [0.15, 0.2) is 12.3 Å². The summed E-state index contributed by atoms with van der Waals surface area (Å²) in [6.07, 6.45) is 0.160. The minimum absolute atomic E-state index is 0.0215. The maximum atomic E-state index is 14.7. The van der Waals surface area contributed by atoms with Gasteiger partial charge in [0.05, 0.1) is 50.2 Å². The number of H-pyrrole nitrogens is 1. The van der Waals surface area contributed by atoms with Crippen LogP contribution in [0.4, 0.5) is 19.3 Å². The van der Waals surface area contributed by atoms with Gasteiger partial charge >= 0.3 is 6.09 Å². The summed E-state index contributed by atoms with van der Waals surface area (Å²) in [5.41, 5.74) is -1.20. The van der Waals surface area contributed by atoms with Gasteiger partial charge in [-0.2, -0.15) is 0 Å². The van der Waals surface area contributed by atoms with E-state index in [-0.39, 0.29) is 37.7 Å². The molecular weight excluding hydrogens is 420 g/mol. The van der Waals surface area contributed by atoms with Crippen molar-refractivity contribution in [2.24, 2.45) is 0 Å². The quantitative estimate of drug-likeness (QED) is 0.620. The second-order valence-electron chi connectivity index (χ2n) is 7.41. The largest absolute Gasteiger partial charge is 0.443 e. The van der Waals surface area contributed by atoms with Gasteiger partial charge in [-0.25, -0.2) is 18.6 Å². The zero-order chi connectivity index (χ0) is 21.9. The number of pyridine rings is 1. The van der Waals surface area contributed by atoms with Gasteiger partial charge in [0, 0.05) is 17.6 Å². The summed E-state index contributed by atoms with van der Waals surface area (Å²) in [5.74, 6) is -2.54. The maximum absolute atomic E-state index is 14.7. The number of anilines is 1. The monoisotopic (exact) mass is 431 g/mol. The first kappa shape index (κ1) is 21.8. The van der Waals surface area contributed by atoms with Crippen LogP contribution in [-0.2, 0) is 4.74 Å². The van der Waals surface area contributed by atoms with Crippen molar-refractivity contribution in [1.29, 1.82) is 0 Å². The highest BCUT2D eigenvalue weighted by Gasteiger charge is 2.34. The van der Waals surface area contributed by atoms with E-state index in [9.17, 15) is 13.6 Å². The molecule has 0 saturated carbocycles. The molecule has 6 radical (unpaired) electrons. The first-order chi connectivity index (χ1) is 13.2. The number of benzene rings is 1. The minimum Gasteiger partial charge on any atom is -0.443 e. The van der Waals surface area contributed by atoms with E-state index >= 15 is 0 Å². The van der Waals surface area contributed by atoms with Gasteiger partial charge < -0.3 is 9.72 Å². The van der Waals surface area contributed by atoms with Gasteiger partial charge in [0.1, 0.15) is 11.2 Å². The van der Waals surface area contributed by atoms with Crippen LogP contribution in [0, 0.1) is 11.6 Å². The number of rotatable bonds is 2. The summed E-state index contributed by atoms with van der Waals surface area (Å²) >= 11 is 12.1. The lowest BCUT2D eigenvalue weighted by atomic mass is 9.48. The predicted molar refractivity (Wildman–Crippen MR) is 112 cm³/mol. The Balaban J connectivity index is 2.40. The molecule has 0 aliphatic rings. The van der Waals surface area contributed by atoms with Crippen LogP contribution in [-0.4, -0.2) is 50.4 Å². The first-order valence-electron chi connectivity index (χ1n) is 8.25. The zero-order valence-corrected chi connectivity index (χ0v) is 17.1. The van der Waals surface area contributed by atoms with Gasteiger partial charge in [0.25, 0.3) is 0 Å². The molecule has 1 N–H and O–H groups in total. The van der Waals surface area contributed by atoms with Crippen LogP contribution in [0.1, 0.15) is 20.8 Å². The molecule has 3 rings (SSSR count). The molecule has 0 fully saturated rings. The summed E-state index contributed by atoms with van der Waals surface area (Å²) in [7, 11) is 17.2. The van der Waals surface area contributed by atoms with Crippen LogP contribution >= 0.6 is 23.2 Å². The number of fused-ring (bicyclic) bond motifs is 3. The number of nitrogens with one attached hydrogen (secondary N) is 1. The molecule has 29 heavy (non-hydrogen) atoms. The fourth-order valence-electron chi connectivity index (χ4n) is 2.83. The fraction of sp³-hybridized carbons (Fsp3) is 0.294. The fourth-order valence-corrected chi connectivity index (χ4v) is 3.21. The van der Waals surface area contributed by atoms with Gasteiger partial charge in [-0.05, 0) is 20.8 Å². The molecule has 3 aromatic rings. The van der Waals surface area contributed by atoms with Crippen molar-refractivity contribution >= 4 is 80.5 Å². The molecule has 144 valence electrons. The molecule has 2 heterocycles. The summed E-state index contributed by atoms with van der Waals surface area (Å²) in [5, 5.41) is -2.62. The molecule has 0 unspecified atom stereocenters. The SMILES string of the molecule is [B]C([B])([B])N(C(=O)OC(C)(C)C)c1cc(F)c(F)c2c1[nH]c1ncc(Cl)c(Cl)c12. The first-order valence-corrected chi connectivity index (χ1v) is 9.01. The van der Waals surface area contributed by atoms with E-state index in [2.05, 4.69) is 9.97 Å². The molecule has 1 amide bonds. The predicted octanol–water partition coefficient (Wildman–Crippen LogP) is 4.16. The molecule has 0 saturated heterocycles. The van der Waals surface area contributed by atoms with Crippen molar-refractivity contribution in [2.45, 2.75) is 31.6 Å². The van der Waals surface area contributed by atoms with Gasteiger partial charge in [-0.3, -0.25) is 4.90 Å². The molecule has 0 aliphatic heterocycles. The second-order valence-corrected chi connectivity index (χ2v) is 8.20. The third-order valence-electron chi connectivity index (χ3n) is 3.87. The molecular formula is C17H12B3Cl2F2N3O2. The van der Waals surface area contributed by atoms with E-state index in [4.69, 9.17) is 51.5 Å². The Kier molecular flexibility index (Phi) is 5.33. The van der Waals surface area contributed by atoms with Crippen molar-refractivity contribution < 1.29 is 18.3 Å². The van der Waals surface area contributed by atoms with Crippen LogP contribution in [0.2, 0.25) is 10.0 Å². The van der Waals surface area contributed by atoms with Crippen molar-refractivity contribution in [2.75, 3.05) is 4.90 Å². The van der Waals surface area contributed by atoms with E-state index in [1.165, 1.54) is 6.20 Å². The molecule has 0 atom stereocenters. The Morgan fingerprint density at radius 3 is 2.38 bits per heavy atom. The Morgan fingerprint density at radius 2 is 1.83 bits per heavy atom. The number of nitrogens with zero attached hydrogens (tertiary/aromatic N) is 2. The minimum atomic E-state index is -2.31. The summed E-state index contributed by atoms with van der Waals surface area (Å²) < 4.78 is 34.5. The molecule has 1 aromatic carbocycles. The van der Waals surface area contributed by atoms with E-state index in [1.807, 2.05) is 0 Å². The van der Waals surface area contributed by atoms with Crippen LogP contribution in [0.5, 0.6) is 0 Å². The average Bonchev–Trinajstić information content (AvgIpc) is 2.93. The van der Waals surface area contributed by atoms with E-state index in [1.54, 1.807) is 20.8 Å². The zero-order valence-electron chi connectivity index (χ0n) is 15.6. The number of ether oxygens (including phenoxy) is 1. The number of carbonyl (C=O) groups is 1. The Hall–Kier alpha value is -1.93. The Bertz CT molecular complexity index is 1140. The smallest absolute Gasteiger partial charge is 0.413 e. The van der Waals surface area contributed by atoms with Crippen LogP contribution in [0.25, 0.3) is 21.9 Å². The average molecular weight is 432 g/mol. The number of hydrogen-bond donors (Lipinski definition) is 1. The lowest BCUT2D eigenvalue weighted by molar-refractivity contribution is 0.0579. The van der Waals surface area contributed by atoms with E-state index < -0.39 is 28.6 Å². The van der Waals surface area contributed by atoms with Gasteiger partial charge in [0.2, 0.25) is 0 Å². The standard InChI is InChI=1S/C17H12B3Cl2F2N3O2/c1-16(2,3)29-15(28)27(17(18,19)20)8-4-7(23)12(24)10-9-11(22)6(21)5-25-14(9)26-13(8)10/h4-5H,1-3H3,(H,25,26). The van der Waals surface area contributed by atoms with Crippen LogP contribution in [0.3, 0.4) is 0 Å². The molecule has 2 aromatic heterocycles. The lowest BCUT2D eigenvalue weighted by Gasteiger charge is -2.38. The highest BCUT2D eigenvalue weighted by atomic mass is 35.5. The molecule has 5 nitrogen and oxygen atoms in total. The summed E-state index contributed by atoms with van der Waals surface area (Å²) in [4.78, 5) is 20.2. The van der Waals surface area contributed by atoms with Crippen molar-refractivity contribution in [3.8, 4) is 0 Å². The van der Waals surface area contributed by atoms with E-state index in [0.717, 1.165) is 0 Å². The Morgan fingerprint density at radius 1 is 1.21 bits per heavy atom. The van der Waals surface area contributed by atoms with Gasteiger partial charge in [0.15, 0.2) is 11.6 Å². The number of carbonyl (C=O) groups excluding carboxylic acids is 1. The highest BCUT2D eigenvalue weighted by Crippen LogP contribution is 2.41. The number of aromatic nitrogens is 2. The number of amides is 1. The van der Waals surface area contributed by atoms with Crippen LogP contribution < -0.4 is 4.90 Å². The number of hydrogen-bond acceptors (Lipinski definition) is 3. The lowest BCUT2D eigenvalue weighted by Crippen LogP contribution is -2.55. The highest BCUT2D eigenvalue weighted by molar-refractivity contribution is 6.62. The third-order valence-corrected chi connectivity index (χ3v) is 4.65.